The average molecular weight is 408 g/mol. The van der Waals surface area contributed by atoms with Crippen molar-refractivity contribution < 1.29 is 23.9 Å². The summed E-state index contributed by atoms with van der Waals surface area (Å²) >= 11 is 0. The second-order valence-electron chi connectivity index (χ2n) is 7.76. The molecule has 30 heavy (non-hydrogen) atoms. The van der Waals surface area contributed by atoms with Gasteiger partial charge in [-0.15, -0.1) is 6.58 Å². The van der Waals surface area contributed by atoms with Gasteiger partial charge in [-0.1, -0.05) is 18.2 Å². The molecule has 3 aliphatic rings. The van der Waals surface area contributed by atoms with E-state index in [9.17, 15) is 14.4 Å². The lowest BCUT2D eigenvalue weighted by Crippen LogP contribution is -2.28. The largest absolute Gasteiger partial charge is 0.490 e. The second kappa shape index (κ2) is 7.89. The number of esters is 1. The minimum Gasteiger partial charge on any atom is -0.490 e. The van der Waals surface area contributed by atoms with Crippen LogP contribution in [0.1, 0.15) is 31.4 Å². The van der Waals surface area contributed by atoms with E-state index in [1.165, 1.54) is 13.1 Å². The molecule has 1 saturated heterocycles. The van der Waals surface area contributed by atoms with Crippen LogP contribution >= 0.6 is 0 Å². The molecule has 1 aromatic carbocycles. The summed E-state index contributed by atoms with van der Waals surface area (Å²) in [4.78, 5) is 37.1. The number of rotatable bonds is 7. The summed E-state index contributed by atoms with van der Waals surface area (Å²) in [6.45, 7) is 7.28. The molecule has 1 saturated carbocycles. The lowest BCUT2D eigenvalue weighted by molar-refractivity contribution is -0.140. The van der Waals surface area contributed by atoms with Gasteiger partial charge in [-0.25, -0.2) is 0 Å². The van der Waals surface area contributed by atoms with E-state index in [1.54, 1.807) is 18.2 Å². The van der Waals surface area contributed by atoms with Crippen LogP contribution in [0.25, 0.3) is 0 Å². The van der Waals surface area contributed by atoms with Gasteiger partial charge in [0.05, 0.1) is 24.7 Å². The smallest absolute Gasteiger partial charge is 0.308 e. The minimum absolute atomic E-state index is 0.142. The molecule has 4 rings (SSSR count). The predicted octanol–water partition coefficient (Wildman–Crippen LogP) is 2.88. The molecule has 2 fully saturated rings. The van der Waals surface area contributed by atoms with Gasteiger partial charge >= 0.3 is 5.97 Å². The predicted molar refractivity (Wildman–Crippen MR) is 110 cm³/mol. The second-order valence-corrected chi connectivity index (χ2v) is 7.76. The fourth-order valence-electron chi connectivity index (χ4n) is 4.71. The molecule has 1 aliphatic heterocycles. The number of allylic oxidation sites excluding steroid dienone is 3. The van der Waals surface area contributed by atoms with Gasteiger partial charge < -0.3 is 9.47 Å². The molecule has 7 heteroatoms. The summed E-state index contributed by atoms with van der Waals surface area (Å²) < 4.78 is 11.0. The molecule has 0 radical (unpaired) electrons. The molecular weight excluding hydrogens is 384 g/mol. The van der Waals surface area contributed by atoms with E-state index < -0.39 is 5.97 Å². The van der Waals surface area contributed by atoms with Gasteiger partial charge in [-0.2, -0.15) is 10.1 Å². The van der Waals surface area contributed by atoms with Crippen molar-refractivity contribution in [1.29, 1.82) is 0 Å². The molecule has 156 valence electrons. The van der Waals surface area contributed by atoms with Crippen molar-refractivity contribution in [3.8, 4) is 11.5 Å². The minimum atomic E-state index is -0.453. The van der Waals surface area contributed by atoms with Crippen LogP contribution in [0.2, 0.25) is 0 Å². The molecule has 1 aromatic rings. The number of fused-ring (bicyclic) bond motifs is 5. The van der Waals surface area contributed by atoms with E-state index in [2.05, 4.69) is 11.7 Å². The standard InChI is InChI=1S/C23H24N2O5/c1-4-6-17-9-14(10-18(29-5-2)21(17)30-13(3)26)12-24-25-22(27)19-15-7-8-16(11-15)20(19)23(25)28/h4,7-10,12,15-16,19-20H,1,5-6,11H2,2-3H3/t15-,16-,19-,20+/m0/s1. The fraction of sp³-hybridized carbons (Fsp3) is 0.391. The number of carbonyl (C=O) groups is 3. The van der Waals surface area contributed by atoms with Crippen LogP contribution in [0, 0.1) is 23.7 Å². The quantitative estimate of drug-likeness (QED) is 0.228. The first-order valence-corrected chi connectivity index (χ1v) is 10.1. The van der Waals surface area contributed by atoms with Crippen LogP contribution in [0.5, 0.6) is 11.5 Å². The molecule has 0 unspecified atom stereocenters. The van der Waals surface area contributed by atoms with Crippen molar-refractivity contribution in [3.63, 3.8) is 0 Å². The summed E-state index contributed by atoms with van der Waals surface area (Å²) in [6, 6.07) is 3.46. The number of hydrogen-bond donors (Lipinski definition) is 0. The zero-order chi connectivity index (χ0) is 21.4. The third-order valence-electron chi connectivity index (χ3n) is 5.83. The monoisotopic (exact) mass is 408 g/mol. The number of ether oxygens (including phenoxy) is 2. The lowest BCUT2D eigenvalue weighted by atomic mass is 9.85. The average Bonchev–Trinajstić information content (AvgIpc) is 3.37. The fourth-order valence-corrected chi connectivity index (χ4v) is 4.71. The maximum absolute atomic E-state index is 12.8. The van der Waals surface area contributed by atoms with E-state index in [4.69, 9.17) is 9.47 Å². The van der Waals surface area contributed by atoms with Crippen LogP contribution in [-0.2, 0) is 20.8 Å². The van der Waals surface area contributed by atoms with Crippen molar-refractivity contribution in [2.45, 2.75) is 26.7 Å². The number of amides is 2. The zero-order valence-electron chi connectivity index (χ0n) is 17.0. The number of hydrazone groups is 1. The van der Waals surface area contributed by atoms with Crippen molar-refractivity contribution in [3.05, 3.63) is 48.1 Å². The number of imide groups is 1. The number of benzene rings is 1. The molecule has 0 spiro atoms. The molecule has 7 nitrogen and oxygen atoms in total. The molecule has 0 N–H and O–H groups in total. The molecule has 4 atom stereocenters. The summed E-state index contributed by atoms with van der Waals surface area (Å²) in [5.41, 5.74) is 1.33. The van der Waals surface area contributed by atoms with Crippen molar-refractivity contribution in [2.24, 2.45) is 28.8 Å². The Morgan fingerprint density at radius 1 is 1.23 bits per heavy atom. The molecule has 0 aromatic heterocycles. The van der Waals surface area contributed by atoms with Gasteiger partial charge in [0.1, 0.15) is 0 Å². The van der Waals surface area contributed by atoms with E-state index >= 15 is 0 Å². The van der Waals surface area contributed by atoms with Crippen LogP contribution in [0.3, 0.4) is 0 Å². The number of carbonyl (C=O) groups excluding carboxylic acids is 3. The third kappa shape index (κ3) is 3.34. The van der Waals surface area contributed by atoms with Crippen LogP contribution in [0.4, 0.5) is 0 Å². The van der Waals surface area contributed by atoms with E-state index in [1.807, 2.05) is 19.1 Å². The number of nitrogens with zero attached hydrogens (tertiary/aromatic N) is 2. The molecular formula is C23H24N2O5. The van der Waals surface area contributed by atoms with Gasteiger partial charge in [0, 0.05) is 12.5 Å². The highest BCUT2D eigenvalue weighted by Crippen LogP contribution is 2.52. The van der Waals surface area contributed by atoms with Gasteiger partial charge in [0.25, 0.3) is 11.8 Å². The molecule has 2 aliphatic carbocycles. The first-order chi connectivity index (χ1) is 14.4. The molecule has 2 amide bonds. The highest BCUT2D eigenvalue weighted by Gasteiger charge is 2.59. The Morgan fingerprint density at radius 2 is 1.90 bits per heavy atom. The van der Waals surface area contributed by atoms with Crippen LogP contribution in [0.15, 0.2) is 42.0 Å². The first kappa shape index (κ1) is 20.1. The van der Waals surface area contributed by atoms with E-state index in [0.29, 0.717) is 35.7 Å². The Labute approximate surface area is 175 Å². The van der Waals surface area contributed by atoms with E-state index in [-0.39, 0.29) is 35.5 Å². The van der Waals surface area contributed by atoms with Crippen LogP contribution < -0.4 is 9.47 Å². The Morgan fingerprint density at radius 3 is 2.47 bits per heavy atom. The van der Waals surface area contributed by atoms with Gasteiger partial charge in [-0.3, -0.25) is 14.4 Å². The highest BCUT2D eigenvalue weighted by atomic mass is 16.6. The Hall–Kier alpha value is -3.22. The Kier molecular flexibility index (Phi) is 5.28. The first-order valence-electron chi connectivity index (χ1n) is 10.1. The maximum atomic E-state index is 12.8. The van der Waals surface area contributed by atoms with E-state index in [0.717, 1.165) is 11.4 Å². The topological polar surface area (TPSA) is 85.3 Å². The van der Waals surface area contributed by atoms with Gasteiger partial charge in [-0.05, 0) is 49.3 Å². The molecule has 1 heterocycles. The lowest BCUT2D eigenvalue weighted by Gasteiger charge is -2.15. The van der Waals surface area contributed by atoms with Crippen molar-refractivity contribution >= 4 is 24.0 Å². The van der Waals surface area contributed by atoms with Crippen molar-refractivity contribution in [2.75, 3.05) is 6.61 Å². The molecule has 2 bridgehead atoms. The maximum Gasteiger partial charge on any atom is 0.308 e. The van der Waals surface area contributed by atoms with Gasteiger partial charge in [0.15, 0.2) is 11.5 Å². The Balaban J connectivity index is 1.63. The summed E-state index contributed by atoms with van der Waals surface area (Å²) in [7, 11) is 0. The SMILES string of the molecule is C=CCc1cc(C=NN2C(=O)[C@@H]3[C@H](C2=O)[C@H]2C=C[C@H]3C2)cc(OCC)c1OC(C)=O. The zero-order valence-corrected chi connectivity index (χ0v) is 17.0. The summed E-state index contributed by atoms with van der Waals surface area (Å²) in [5.74, 6) is -0.467. The normalized spacial score (nSPS) is 26.5. The number of hydrogen-bond acceptors (Lipinski definition) is 6. The highest BCUT2D eigenvalue weighted by molar-refractivity contribution is 6.06. The summed E-state index contributed by atoms with van der Waals surface area (Å²) in [6.07, 6.45) is 8.59. The summed E-state index contributed by atoms with van der Waals surface area (Å²) in [5, 5.41) is 5.23. The van der Waals surface area contributed by atoms with Gasteiger partial charge in [0.2, 0.25) is 0 Å². The third-order valence-corrected chi connectivity index (χ3v) is 5.83. The Bertz CT molecular complexity index is 950. The van der Waals surface area contributed by atoms with Crippen molar-refractivity contribution in [1.82, 2.24) is 5.01 Å². The van der Waals surface area contributed by atoms with Crippen LogP contribution in [-0.4, -0.2) is 35.6 Å².